The molecule has 0 bridgehead atoms. The molecule has 2 heterocycles. The SMILES string of the molecule is C=C1/C=C\C=C/CN(c2nc(-c3ccccc3)nc(-c3ccc4c(c3)C(C)(C)c3ccccc3-4)n2)c2c1cccc2-c1ccc(-c2ccccc2)cc1. The molecule has 7 aromatic rings. The Morgan fingerprint density at radius 1 is 0.509 bits per heavy atom. The molecule has 1 aliphatic heterocycles. The highest BCUT2D eigenvalue weighted by molar-refractivity contribution is 5.93. The standard InChI is InChI=1S/C49H38N4/c1-33-16-7-6-14-31-53(45-39(33)22-15-23-40(45)36-27-25-35(26-28-36)34-17-8-4-9-18-34)48-51-46(37-19-10-5-11-20-37)50-47(52-48)38-29-30-42-41-21-12-13-24-43(41)49(2,3)44(42)32-38/h4-30,32H,1,31H2,2-3H3/b14-6-,16-7-. The number of aromatic nitrogens is 3. The van der Waals surface area contributed by atoms with E-state index in [1.165, 1.54) is 33.4 Å². The lowest BCUT2D eigenvalue weighted by Gasteiger charge is -2.28. The highest BCUT2D eigenvalue weighted by Gasteiger charge is 2.35. The van der Waals surface area contributed by atoms with Gasteiger partial charge in [-0.3, -0.25) is 0 Å². The summed E-state index contributed by atoms with van der Waals surface area (Å²) in [6.07, 6.45) is 8.34. The van der Waals surface area contributed by atoms with Crippen molar-refractivity contribution in [1.29, 1.82) is 0 Å². The van der Waals surface area contributed by atoms with Crippen LogP contribution in [-0.4, -0.2) is 21.5 Å². The van der Waals surface area contributed by atoms with Crippen molar-refractivity contribution in [1.82, 2.24) is 15.0 Å². The molecule has 0 radical (unpaired) electrons. The van der Waals surface area contributed by atoms with Gasteiger partial charge < -0.3 is 4.90 Å². The van der Waals surface area contributed by atoms with Crippen LogP contribution < -0.4 is 4.90 Å². The van der Waals surface area contributed by atoms with Gasteiger partial charge in [0.2, 0.25) is 5.95 Å². The van der Waals surface area contributed by atoms with E-state index in [1.54, 1.807) is 0 Å². The van der Waals surface area contributed by atoms with E-state index in [0.717, 1.165) is 39.1 Å². The molecule has 0 amide bonds. The Morgan fingerprint density at radius 2 is 1.09 bits per heavy atom. The lowest BCUT2D eigenvalue weighted by atomic mass is 9.82. The average Bonchev–Trinajstić information content (AvgIpc) is 3.49. The van der Waals surface area contributed by atoms with Crippen LogP contribution in [-0.2, 0) is 5.41 Å². The van der Waals surface area contributed by atoms with Crippen molar-refractivity contribution < 1.29 is 0 Å². The van der Waals surface area contributed by atoms with E-state index in [0.29, 0.717) is 24.1 Å². The fourth-order valence-electron chi connectivity index (χ4n) is 7.75. The highest BCUT2D eigenvalue weighted by Crippen LogP contribution is 2.49. The maximum Gasteiger partial charge on any atom is 0.234 e. The van der Waals surface area contributed by atoms with E-state index in [2.05, 4.69) is 171 Å². The highest BCUT2D eigenvalue weighted by atomic mass is 15.3. The third kappa shape index (κ3) is 5.79. The van der Waals surface area contributed by atoms with Crippen LogP contribution in [0.25, 0.3) is 61.7 Å². The van der Waals surface area contributed by atoms with E-state index < -0.39 is 0 Å². The monoisotopic (exact) mass is 682 g/mol. The van der Waals surface area contributed by atoms with Gasteiger partial charge >= 0.3 is 0 Å². The van der Waals surface area contributed by atoms with Gasteiger partial charge in [-0.05, 0) is 50.6 Å². The van der Waals surface area contributed by atoms with Crippen LogP contribution in [0.2, 0.25) is 0 Å². The predicted molar refractivity (Wildman–Crippen MR) is 220 cm³/mol. The molecule has 0 fully saturated rings. The van der Waals surface area contributed by atoms with Gasteiger partial charge in [-0.25, -0.2) is 4.98 Å². The summed E-state index contributed by atoms with van der Waals surface area (Å²) in [4.78, 5) is 17.9. The van der Waals surface area contributed by atoms with E-state index in [1.807, 2.05) is 24.3 Å². The molecule has 0 N–H and O–H groups in total. The topological polar surface area (TPSA) is 41.9 Å². The first-order chi connectivity index (χ1) is 26.0. The first-order valence-corrected chi connectivity index (χ1v) is 18.1. The molecule has 0 unspecified atom stereocenters. The van der Waals surface area contributed by atoms with Gasteiger partial charge in [-0.2, -0.15) is 9.97 Å². The van der Waals surface area contributed by atoms with Gasteiger partial charge in [0.1, 0.15) is 0 Å². The third-order valence-electron chi connectivity index (χ3n) is 10.5. The van der Waals surface area contributed by atoms with Crippen LogP contribution in [0.5, 0.6) is 0 Å². The van der Waals surface area contributed by atoms with Crippen molar-refractivity contribution in [3.63, 3.8) is 0 Å². The number of rotatable bonds is 5. The van der Waals surface area contributed by atoms with Crippen molar-refractivity contribution in [2.75, 3.05) is 11.4 Å². The number of hydrogen-bond acceptors (Lipinski definition) is 4. The van der Waals surface area contributed by atoms with Gasteiger partial charge in [0, 0.05) is 34.2 Å². The number of fused-ring (bicyclic) bond motifs is 4. The second kappa shape index (κ2) is 13.2. The van der Waals surface area contributed by atoms with E-state index in [-0.39, 0.29) is 5.41 Å². The summed E-state index contributed by atoms with van der Waals surface area (Å²) in [5, 5.41) is 0. The molecular formula is C49H38N4. The molecule has 1 aromatic heterocycles. The molecule has 4 heteroatoms. The van der Waals surface area contributed by atoms with Crippen molar-refractivity contribution >= 4 is 17.2 Å². The number of hydrogen-bond donors (Lipinski definition) is 0. The molecule has 254 valence electrons. The van der Waals surface area contributed by atoms with E-state index in [4.69, 9.17) is 15.0 Å². The third-order valence-corrected chi connectivity index (χ3v) is 10.5. The normalized spacial score (nSPS) is 15.4. The Balaban J connectivity index is 1.23. The van der Waals surface area contributed by atoms with Crippen LogP contribution in [0.4, 0.5) is 11.6 Å². The minimum absolute atomic E-state index is 0.149. The molecule has 0 atom stereocenters. The van der Waals surface area contributed by atoms with Crippen LogP contribution in [0.3, 0.4) is 0 Å². The largest absolute Gasteiger partial charge is 0.305 e. The summed E-state index contributed by atoms with van der Waals surface area (Å²) in [5.41, 5.74) is 14.4. The van der Waals surface area contributed by atoms with E-state index >= 15 is 0 Å². The fourth-order valence-corrected chi connectivity index (χ4v) is 7.75. The number of allylic oxidation sites excluding steroid dienone is 4. The number of nitrogens with zero attached hydrogens (tertiary/aromatic N) is 4. The Kier molecular flexibility index (Phi) is 8.01. The average molecular weight is 683 g/mol. The molecule has 0 saturated heterocycles. The Labute approximate surface area is 311 Å². The van der Waals surface area contributed by atoms with Crippen molar-refractivity contribution in [2.45, 2.75) is 19.3 Å². The Bertz CT molecular complexity index is 2560. The Hall–Kier alpha value is -6.65. The first-order valence-electron chi connectivity index (χ1n) is 18.1. The van der Waals surface area contributed by atoms with E-state index in [9.17, 15) is 0 Å². The van der Waals surface area contributed by atoms with Crippen LogP contribution in [0.1, 0.15) is 30.5 Å². The van der Waals surface area contributed by atoms with Gasteiger partial charge in [0.25, 0.3) is 0 Å². The molecule has 0 saturated carbocycles. The fraction of sp³-hybridized carbons (Fsp3) is 0.0816. The minimum Gasteiger partial charge on any atom is -0.305 e. The maximum atomic E-state index is 5.31. The second-order valence-corrected chi connectivity index (χ2v) is 14.1. The lowest BCUT2D eigenvalue weighted by Crippen LogP contribution is -2.22. The molecule has 9 rings (SSSR count). The van der Waals surface area contributed by atoms with Gasteiger partial charge in [0.05, 0.1) is 5.69 Å². The molecule has 6 aromatic carbocycles. The smallest absolute Gasteiger partial charge is 0.234 e. The summed E-state index contributed by atoms with van der Waals surface area (Å²) in [5.74, 6) is 1.84. The first kappa shape index (κ1) is 32.3. The van der Waals surface area contributed by atoms with Crippen molar-refractivity contribution in [3.05, 3.63) is 193 Å². The molecule has 4 nitrogen and oxygen atoms in total. The summed E-state index contributed by atoms with van der Waals surface area (Å²) >= 11 is 0. The molecular weight excluding hydrogens is 645 g/mol. The number of anilines is 2. The number of para-hydroxylation sites is 1. The van der Waals surface area contributed by atoms with Crippen molar-refractivity contribution in [3.8, 4) is 56.2 Å². The summed E-state index contributed by atoms with van der Waals surface area (Å²) in [6.45, 7) is 9.66. The summed E-state index contributed by atoms with van der Waals surface area (Å²) in [6, 6.07) is 51.3. The predicted octanol–water partition coefficient (Wildman–Crippen LogP) is 12.1. The van der Waals surface area contributed by atoms with Crippen LogP contribution in [0.15, 0.2) is 176 Å². The molecule has 1 aliphatic carbocycles. The minimum atomic E-state index is -0.149. The lowest BCUT2D eigenvalue weighted by molar-refractivity contribution is 0.660. The van der Waals surface area contributed by atoms with Crippen LogP contribution in [0, 0.1) is 0 Å². The second-order valence-electron chi connectivity index (χ2n) is 14.1. The number of benzene rings is 6. The summed E-state index contributed by atoms with van der Waals surface area (Å²) in [7, 11) is 0. The zero-order valence-corrected chi connectivity index (χ0v) is 29.9. The zero-order chi connectivity index (χ0) is 35.9. The molecule has 0 spiro atoms. The van der Waals surface area contributed by atoms with Gasteiger partial charge in [0.15, 0.2) is 11.6 Å². The quantitative estimate of drug-likeness (QED) is 0.181. The van der Waals surface area contributed by atoms with Gasteiger partial charge in [-0.15, -0.1) is 0 Å². The maximum absolute atomic E-state index is 5.31. The van der Waals surface area contributed by atoms with Gasteiger partial charge in [-0.1, -0.05) is 184 Å². The molecule has 53 heavy (non-hydrogen) atoms. The van der Waals surface area contributed by atoms with Crippen LogP contribution >= 0.6 is 0 Å². The molecule has 2 aliphatic rings. The van der Waals surface area contributed by atoms with Crippen molar-refractivity contribution in [2.24, 2.45) is 0 Å². The summed E-state index contributed by atoms with van der Waals surface area (Å²) < 4.78 is 0. The Morgan fingerprint density at radius 3 is 1.87 bits per heavy atom. The zero-order valence-electron chi connectivity index (χ0n) is 29.9.